The lowest BCUT2D eigenvalue weighted by Gasteiger charge is -2.64. The van der Waals surface area contributed by atoms with Crippen molar-refractivity contribution in [1.82, 2.24) is 0 Å². The first-order valence-corrected chi connectivity index (χ1v) is 8.03. The van der Waals surface area contributed by atoms with Gasteiger partial charge >= 0.3 is 0 Å². The van der Waals surface area contributed by atoms with E-state index in [0.29, 0.717) is 12.0 Å². The molecular weight excluding hydrogens is 320 g/mol. The van der Waals surface area contributed by atoms with E-state index in [1.54, 1.807) is 13.8 Å². The topological polar surface area (TPSA) is 137 Å². The van der Waals surface area contributed by atoms with E-state index in [2.05, 4.69) is 0 Å². The van der Waals surface area contributed by atoms with Crippen LogP contribution < -0.4 is 0 Å². The SMILES string of the molecule is CC1=CC(=O)[C@@H]2C[C@@]1(O[C@@H]1O[C@H](CO)[C@@H](O)[C@H](O)[C@H]1O)[C@@]2(C)CO. The van der Waals surface area contributed by atoms with Gasteiger partial charge in [0, 0.05) is 11.3 Å². The summed E-state index contributed by atoms with van der Waals surface area (Å²) in [5.41, 5.74) is -1.25. The first-order valence-electron chi connectivity index (χ1n) is 8.03. The van der Waals surface area contributed by atoms with Crippen LogP contribution in [0.15, 0.2) is 11.6 Å². The van der Waals surface area contributed by atoms with Crippen molar-refractivity contribution in [3.05, 3.63) is 11.6 Å². The zero-order valence-corrected chi connectivity index (χ0v) is 13.6. The van der Waals surface area contributed by atoms with E-state index < -0.39 is 48.3 Å². The minimum absolute atomic E-state index is 0.0664. The van der Waals surface area contributed by atoms with Gasteiger partial charge in [0.2, 0.25) is 0 Å². The van der Waals surface area contributed by atoms with Crippen LogP contribution in [-0.2, 0) is 14.3 Å². The Morgan fingerprint density at radius 2 is 1.92 bits per heavy atom. The number of allylic oxidation sites excluding steroid dienone is 1. The Balaban J connectivity index is 1.89. The highest BCUT2D eigenvalue weighted by Crippen LogP contribution is 2.63. The van der Waals surface area contributed by atoms with Gasteiger partial charge in [-0.25, -0.2) is 0 Å². The summed E-state index contributed by atoms with van der Waals surface area (Å²) in [5, 5.41) is 49.0. The summed E-state index contributed by atoms with van der Waals surface area (Å²) in [5.74, 6) is -0.445. The Bertz CT molecular complexity index is 560. The molecule has 3 aliphatic carbocycles. The fourth-order valence-corrected chi connectivity index (χ4v) is 4.23. The van der Waals surface area contributed by atoms with Gasteiger partial charge in [-0.1, -0.05) is 6.92 Å². The van der Waals surface area contributed by atoms with Crippen molar-refractivity contribution in [1.29, 1.82) is 0 Å². The maximum atomic E-state index is 12.1. The molecule has 24 heavy (non-hydrogen) atoms. The molecule has 1 aliphatic heterocycles. The van der Waals surface area contributed by atoms with Crippen LogP contribution in [0.2, 0.25) is 0 Å². The third-order valence-corrected chi connectivity index (χ3v) is 6.02. The predicted octanol–water partition coefficient (Wildman–Crippen LogP) is -1.91. The molecule has 1 saturated heterocycles. The smallest absolute Gasteiger partial charge is 0.187 e. The van der Waals surface area contributed by atoms with E-state index in [-0.39, 0.29) is 18.3 Å². The van der Waals surface area contributed by atoms with Crippen LogP contribution in [0.3, 0.4) is 0 Å². The highest BCUT2D eigenvalue weighted by atomic mass is 16.7. The van der Waals surface area contributed by atoms with Gasteiger partial charge in [-0.3, -0.25) is 4.79 Å². The van der Waals surface area contributed by atoms with Crippen LogP contribution in [0, 0.1) is 11.3 Å². The minimum Gasteiger partial charge on any atom is -0.396 e. The van der Waals surface area contributed by atoms with E-state index in [9.17, 15) is 30.3 Å². The first kappa shape index (κ1) is 17.9. The standard InChI is InChI=1S/C16H24O8/c1-7-3-9(19)8-4-16(7,15(8,2)6-18)24-14-13(22)12(21)11(20)10(5-17)23-14/h3,8,10-14,17-18,20-22H,4-6H2,1-2H3/t8-,10+,11+,12-,13+,14-,15-,16-/m0/s1. The number of hydrogen-bond acceptors (Lipinski definition) is 8. The van der Waals surface area contributed by atoms with Crippen molar-refractivity contribution < 1.29 is 39.8 Å². The Labute approximate surface area is 139 Å². The number of fused-ring (bicyclic) bond motifs is 1. The maximum Gasteiger partial charge on any atom is 0.187 e. The molecule has 8 heteroatoms. The number of hydrogen-bond donors (Lipinski definition) is 5. The van der Waals surface area contributed by atoms with Gasteiger partial charge in [-0.15, -0.1) is 0 Å². The number of ether oxygens (including phenoxy) is 2. The second-order valence-electron chi connectivity index (χ2n) is 7.20. The normalized spacial score (nSPS) is 51.1. The molecular formula is C16H24O8. The molecule has 0 unspecified atom stereocenters. The van der Waals surface area contributed by atoms with Crippen molar-refractivity contribution in [3.63, 3.8) is 0 Å². The number of carbonyl (C=O) groups is 1. The molecule has 4 rings (SSSR count). The van der Waals surface area contributed by atoms with E-state index in [1.807, 2.05) is 0 Å². The summed E-state index contributed by atoms with van der Waals surface area (Å²) in [4.78, 5) is 12.1. The fraction of sp³-hybridized carbons (Fsp3) is 0.812. The van der Waals surface area contributed by atoms with Crippen molar-refractivity contribution in [3.8, 4) is 0 Å². The van der Waals surface area contributed by atoms with Gasteiger partial charge in [0.05, 0.1) is 13.2 Å². The molecule has 0 amide bonds. The lowest BCUT2D eigenvalue weighted by Crippen LogP contribution is -2.72. The Hall–Kier alpha value is -0.870. The number of aliphatic hydroxyl groups is 5. The average molecular weight is 344 g/mol. The number of carbonyl (C=O) groups excluding carboxylic acids is 1. The zero-order chi connectivity index (χ0) is 17.9. The van der Waals surface area contributed by atoms with E-state index in [1.165, 1.54) is 6.08 Å². The van der Waals surface area contributed by atoms with Crippen molar-refractivity contribution in [2.75, 3.05) is 13.2 Å². The third-order valence-electron chi connectivity index (χ3n) is 6.02. The summed E-state index contributed by atoms with van der Waals surface area (Å²) in [6, 6.07) is 0. The minimum atomic E-state index is -1.54. The highest BCUT2D eigenvalue weighted by molar-refractivity contribution is 5.97. The molecule has 5 N–H and O–H groups in total. The molecule has 0 spiro atoms. The van der Waals surface area contributed by atoms with Crippen LogP contribution in [0.4, 0.5) is 0 Å². The quantitative estimate of drug-likeness (QED) is 0.398. The molecule has 8 atom stereocenters. The first-order chi connectivity index (χ1) is 11.2. The monoisotopic (exact) mass is 344 g/mol. The molecule has 0 aromatic rings. The van der Waals surface area contributed by atoms with Gasteiger partial charge in [-0.05, 0) is 25.0 Å². The van der Waals surface area contributed by atoms with Gasteiger partial charge in [0.15, 0.2) is 12.1 Å². The van der Waals surface area contributed by atoms with E-state index in [4.69, 9.17) is 9.47 Å². The summed E-state index contributed by atoms with van der Waals surface area (Å²) >= 11 is 0. The third kappa shape index (κ3) is 2.15. The number of ketones is 1. The number of aliphatic hydroxyl groups excluding tert-OH is 5. The molecule has 2 fully saturated rings. The molecule has 4 aliphatic rings. The highest BCUT2D eigenvalue weighted by Gasteiger charge is 2.70. The summed E-state index contributed by atoms with van der Waals surface area (Å²) in [6.45, 7) is 2.61. The van der Waals surface area contributed by atoms with Gasteiger partial charge < -0.3 is 35.0 Å². The van der Waals surface area contributed by atoms with Gasteiger partial charge in [0.1, 0.15) is 30.0 Å². The molecule has 2 bridgehead atoms. The average Bonchev–Trinajstić information content (AvgIpc) is 2.55. The van der Waals surface area contributed by atoms with Crippen molar-refractivity contribution >= 4 is 5.78 Å². The van der Waals surface area contributed by atoms with Crippen LogP contribution in [0.25, 0.3) is 0 Å². The summed E-state index contributed by atoms with van der Waals surface area (Å²) in [6.07, 6.45) is -5.09. The molecule has 0 aromatic carbocycles. The molecule has 1 saturated carbocycles. The van der Waals surface area contributed by atoms with Crippen molar-refractivity contribution in [2.45, 2.75) is 56.6 Å². The molecule has 136 valence electrons. The van der Waals surface area contributed by atoms with Gasteiger partial charge in [0.25, 0.3) is 0 Å². The second-order valence-corrected chi connectivity index (χ2v) is 7.20. The van der Waals surface area contributed by atoms with Crippen LogP contribution in [-0.4, -0.2) is 80.8 Å². The van der Waals surface area contributed by atoms with Crippen LogP contribution in [0.1, 0.15) is 20.3 Å². The second kappa shape index (κ2) is 5.84. The maximum absolute atomic E-state index is 12.1. The lowest BCUT2D eigenvalue weighted by atomic mass is 9.45. The van der Waals surface area contributed by atoms with Crippen molar-refractivity contribution in [2.24, 2.45) is 11.3 Å². The predicted molar refractivity (Wildman–Crippen MR) is 79.6 cm³/mol. The molecule has 0 radical (unpaired) electrons. The Morgan fingerprint density at radius 3 is 2.46 bits per heavy atom. The Kier molecular flexibility index (Phi) is 4.37. The summed E-state index contributed by atoms with van der Waals surface area (Å²) < 4.78 is 11.4. The van der Waals surface area contributed by atoms with Crippen LogP contribution in [0.5, 0.6) is 0 Å². The van der Waals surface area contributed by atoms with Crippen LogP contribution >= 0.6 is 0 Å². The molecule has 1 heterocycles. The van der Waals surface area contributed by atoms with Gasteiger partial charge in [-0.2, -0.15) is 0 Å². The lowest BCUT2D eigenvalue weighted by molar-refractivity contribution is -0.357. The fourth-order valence-electron chi connectivity index (χ4n) is 4.23. The zero-order valence-electron chi connectivity index (χ0n) is 13.6. The Morgan fingerprint density at radius 1 is 1.25 bits per heavy atom. The molecule has 0 aromatic heterocycles. The van der Waals surface area contributed by atoms with E-state index in [0.717, 1.165) is 0 Å². The number of rotatable bonds is 4. The summed E-state index contributed by atoms with van der Waals surface area (Å²) in [7, 11) is 0. The largest absolute Gasteiger partial charge is 0.396 e. The van der Waals surface area contributed by atoms with E-state index >= 15 is 0 Å². The molecule has 8 nitrogen and oxygen atoms in total.